The Bertz CT molecular complexity index is 326. The lowest BCUT2D eigenvalue weighted by Gasteiger charge is -2.04. The first-order valence-corrected chi connectivity index (χ1v) is 3.50. The molecule has 1 aromatic rings. The highest BCUT2D eigenvalue weighted by molar-refractivity contribution is 5.90. The number of carboxylic acid groups (broad SMARTS) is 1. The van der Waals surface area contributed by atoms with Gasteiger partial charge in [0.15, 0.2) is 0 Å². The lowest BCUT2D eigenvalue weighted by Crippen LogP contribution is -2.03. The number of hydrogen-bond donors (Lipinski definition) is 1. The average molecular weight is 170 g/mol. The van der Waals surface area contributed by atoms with Crippen molar-refractivity contribution in [2.45, 2.75) is 13.8 Å². The first-order valence-electron chi connectivity index (χ1n) is 3.91. The summed E-state index contributed by atoms with van der Waals surface area (Å²) >= 11 is 0. The van der Waals surface area contributed by atoms with E-state index >= 15 is 0 Å². The van der Waals surface area contributed by atoms with E-state index in [9.17, 15) is 9.18 Å². The molecule has 0 amide bonds. The minimum absolute atomic E-state index is 0.261. The number of halogens is 1. The number of hydrogen-bond acceptors (Lipinski definition) is 2. The van der Waals surface area contributed by atoms with Crippen molar-refractivity contribution in [1.82, 2.24) is 0 Å². The van der Waals surface area contributed by atoms with Crippen LogP contribution in [0, 0.1) is 19.7 Å². The zero-order valence-corrected chi connectivity index (χ0v) is 6.85. The summed E-state index contributed by atoms with van der Waals surface area (Å²) in [5.74, 6) is -1.15. The molecule has 0 radical (unpaired) electrons. The quantitative estimate of drug-likeness (QED) is 0.701. The van der Waals surface area contributed by atoms with Crippen LogP contribution in [0.5, 0.6) is 0 Å². The molecule has 0 aliphatic carbocycles. The fraction of sp³-hybridized carbons (Fsp3) is 0.222. The van der Waals surface area contributed by atoms with E-state index in [-0.39, 0.29) is 5.56 Å². The fourth-order valence-electron chi connectivity index (χ4n) is 1.23. The summed E-state index contributed by atoms with van der Waals surface area (Å²) in [7, 11) is 0. The van der Waals surface area contributed by atoms with Crippen LogP contribution in [-0.2, 0) is 0 Å². The van der Waals surface area contributed by atoms with Crippen molar-refractivity contribution in [3.63, 3.8) is 0 Å². The third-order valence-electron chi connectivity index (χ3n) is 1.70. The highest BCUT2D eigenvalue weighted by atomic mass is 19.1. The van der Waals surface area contributed by atoms with Crippen LogP contribution >= 0.6 is 0 Å². The van der Waals surface area contributed by atoms with Crippen molar-refractivity contribution < 1.29 is 14.3 Å². The number of carbonyl (C=O) groups is 1. The first-order chi connectivity index (χ1) is 6.06. The molecule has 0 aliphatic heterocycles. The van der Waals surface area contributed by atoms with Crippen molar-refractivity contribution in [3.8, 4) is 0 Å². The molecule has 0 bridgehead atoms. The second-order valence-electron chi connectivity index (χ2n) is 2.70. The Morgan fingerprint density at radius 2 is 2.00 bits per heavy atom. The van der Waals surface area contributed by atoms with Crippen molar-refractivity contribution in [2.24, 2.45) is 0 Å². The lowest BCUT2D eigenvalue weighted by molar-refractivity contribution is 0.0695. The minimum Gasteiger partial charge on any atom is -0.478 e. The molecule has 0 spiro atoms. The summed E-state index contributed by atoms with van der Waals surface area (Å²) in [6.07, 6.45) is 0. The van der Waals surface area contributed by atoms with Crippen LogP contribution in [0.2, 0.25) is 0 Å². The number of aromatic carboxylic acids is 1. The van der Waals surface area contributed by atoms with Gasteiger partial charge in [-0.1, -0.05) is 0 Å². The van der Waals surface area contributed by atoms with Gasteiger partial charge in [-0.2, -0.15) is 0 Å². The largest absolute Gasteiger partial charge is 0.478 e. The molecule has 1 N–H and O–H groups in total. The Morgan fingerprint density at radius 1 is 1.50 bits per heavy atom. The molecular formula is C9H9FO2. The molecule has 1 aromatic carbocycles. The first kappa shape index (κ1) is 7.28. The average Bonchev–Trinajstić information content (AvgIpc) is 2.02. The summed E-state index contributed by atoms with van der Waals surface area (Å²) in [5.41, 5.74) is 1.22. The van der Waals surface area contributed by atoms with E-state index in [4.69, 9.17) is 1.43 Å². The standard InChI is InChI=1S/C9H9FO2/c1-5-3-7(10)4-6(2)8(5)9(11)12/h3-4H,1-2H3,(H,11,12)/i/hT. The Balaban J connectivity index is 3.28. The van der Waals surface area contributed by atoms with Crippen LogP contribution in [0.1, 0.15) is 21.5 Å². The van der Waals surface area contributed by atoms with Gasteiger partial charge in [0.05, 0.1) is 5.56 Å². The zero-order chi connectivity index (χ0) is 10.0. The fourth-order valence-corrected chi connectivity index (χ4v) is 1.23. The van der Waals surface area contributed by atoms with Crippen molar-refractivity contribution >= 4 is 5.97 Å². The molecule has 0 heterocycles. The van der Waals surface area contributed by atoms with Crippen LogP contribution in [0.15, 0.2) is 12.1 Å². The van der Waals surface area contributed by atoms with Crippen LogP contribution in [0.25, 0.3) is 1.43 Å². The number of aryl methyl sites for hydroxylation is 2. The van der Waals surface area contributed by atoms with E-state index in [0.717, 1.165) is 0 Å². The smallest absolute Gasteiger partial charge is 0.336 e. The predicted molar refractivity (Wildman–Crippen MR) is 42.8 cm³/mol. The summed E-state index contributed by atoms with van der Waals surface area (Å²) in [5, 5.41) is 3.83. The van der Waals surface area contributed by atoms with Gasteiger partial charge >= 0.3 is 5.97 Å². The van der Waals surface area contributed by atoms with Crippen LogP contribution in [0.3, 0.4) is 0 Å². The van der Waals surface area contributed by atoms with Crippen LogP contribution in [-0.4, -0.2) is 11.1 Å². The van der Waals surface area contributed by atoms with E-state index in [0.29, 0.717) is 11.1 Å². The third-order valence-corrected chi connectivity index (χ3v) is 1.70. The molecule has 0 atom stereocenters. The van der Waals surface area contributed by atoms with Gasteiger partial charge in [0, 0.05) is 0 Å². The number of carboxylic acids is 1. The van der Waals surface area contributed by atoms with Gasteiger partial charge < -0.3 is 5.11 Å². The summed E-state index contributed by atoms with van der Waals surface area (Å²) in [6.45, 7) is 3.20. The van der Waals surface area contributed by atoms with Crippen LogP contribution in [0.4, 0.5) is 4.39 Å². The Morgan fingerprint density at radius 3 is 2.42 bits per heavy atom. The highest BCUT2D eigenvalue weighted by Crippen LogP contribution is 2.15. The lowest BCUT2D eigenvalue weighted by atomic mass is 10.0. The second kappa shape index (κ2) is 2.93. The van der Waals surface area contributed by atoms with E-state index in [2.05, 4.69) is 5.11 Å². The third kappa shape index (κ3) is 1.44. The maximum atomic E-state index is 12.8. The zero-order valence-electron chi connectivity index (χ0n) is 7.85. The maximum absolute atomic E-state index is 12.8. The predicted octanol–water partition coefficient (Wildman–Crippen LogP) is 2.14. The maximum Gasteiger partial charge on any atom is 0.336 e. The Kier molecular flexibility index (Phi) is 1.78. The molecule has 0 saturated heterocycles. The summed E-state index contributed by atoms with van der Waals surface area (Å²) in [4.78, 5) is 11.0. The molecule has 2 nitrogen and oxygen atoms in total. The second-order valence-corrected chi connectivity index (χ2v) is 2.70. The molecule has 0 aliphatic rings. The van der Waals surface area contributed by atoms with E-state index in [1.54, 1.807) is 13.8 Å². The number of benzene rings is 1. The number of rotatable bonds is 1. The van der Waals surface area contributed by atoms with Gasteiger partial charge in [-0.25, -0.2) is 9.18 Å². The topological polar surface area (TPSA) is 37.3 Å². The normalized spacial score (nSPS) is 10.8. The van der Waals surface area contributed by atoms with E-state index in [1.807, 2.05) is 0 Å². The molecule has 0 aromatic heterocycles. The SMILES string of the molecule is [3H]OC(=O)c1c(C)cc(F)cc1C. The van der Waals surface area contributed by atoms with Gasteiger partial charge in [-0.15, -0.1) is 0 Å². The molecule has 64 valence electrons. The van der Waals surface area contributed by atoms with Gasteiger partial charge in [-0.3, -0.25) is 0 Å². The monoisotopic (exact) mass is 170 g/mol. The molecule has 3 heteroatoms. The molecule has 0 saturated carbocycles. The Labute approximate surface area is 71.1 Å². The van der Waals surface area contributed by atoms with Crippen LogP contribution < -0.4 is 0 Å². The molecular weight excluding hydrogens is 159 g/mol. The van der Waals surface area contributed by atoms with Gasteiger partial charge in [-0.05, 0) is 37.1 Å². The Hall–Kier alpha value is -1.38. The van der Waals surface area contributed by atoms with E-state index in [1.165, 1.54) is 12.1 Å². The molecule has 12 heavy (non-hydrogen) atoms. The van der Waals surface area contributed by atoms with Crippen molar-refractivity contribution in [1.29, 1.82) is 1.43 Å². The summed E-state index contributed by atoms with van der Waals surface area (Å²) < 4.78 is 19.2. The highest BCUT2D eigenvalue weighted by Gasteiger charge is 2.11. The molecule has 0 unspecified atom stereocenters. The van der Waals surface area contributed by atoms with Gasteiger partial charge in [0.2, 0.25) is 0 Å². The summed E-state index contributed by atoms with van der Waals surface area (Å²) in [6, 6.07) is 2.47. The van der Waals surface area contributed by atoms with Gasteiger partial charge in [0.25, 0.3) is 1.43 Å². The van der Waals surface area contributed by atoms with Gasteiger partial charge in [0.1, 0.15) is 5.82 Å². The van der Waals surface area contributed by atoms with E-state index < -0.39 is 11.8 Å². The molecule has 0 fully saturated rings. The minimum atomic E-state index is -0.755. The molecule has 1 rings (SSSR count). The van der Waals surface area contributed by atoms with Crippen molar-refractivity contribution in [3.05, 3.63) is 34.6 Å². The van der Waals surface area contributed by atoms with Crippen molar-refractivity contribution in [2.75, 3.05) is 0 Å².